The van der Waals surface area contributed by atoms with Crippen molar-refractivity contribution >= 4 is 29.9 Å². The molecule has 2 saturated heterocycles. The van der Waals surface area contributed by atoms with Crippen LogP contribution in [0.25, 0.3) is 0 Å². The average molecular weight is 405 g/mol. The predicted octanol–water partition coefficient (Wildman–Crippen LogP) is 3.83. The molecule has 2 atom stereocenters. The van der Waals surface area contributed by atoms with E-state index >= 15 is 0 Å². The minimum Gasteiger partial charge on any atom is -0.370 e. The molecule has 2 unspecified atom stereocenters. The zero-order valence-corrected chi connectivity index (χ0v) is 16.6. The van der Waals surface area contributed by atoms with E-state index in [1.807, 2.05) is 4.90 Å². The van der Waals surface area contributed by atoms with Gasteiger partial charge in [0, 0.05) is 13.0 Å². The van der Waals surface area contributed by atoms with Gasteiger partial charge in [0.15, 0.2) is 0 Å². The smallest absolute Gasteiger partial charge is 0.223 e. The van der Waals surface area contributed by atoms with E-state index in [9.17, 15) is 9.18 Å². The van der Waals surface area contributed by atoms with Crippen LogP contribution in [0, 0.1) is 17.7 Å². The molecule has 0 aromatic heterocycles. The summed E-state index contributed by atoms with van der Waals surface area (Å²) in [6, 6.07) is 4.62. The molecular weight excluding hydrogens is 378 g/mol. The molecule has 146 valence electrons. The number of halogens is 3. The number of amides is 1. The molecule has 2 fully saturated rings. The van der Waals surface area contributed by atoms with Crippen molar-refractivity contribution in [2.75, 3.05) is 32.8 Å². The van der Waals surface area contributed by atoms with Crippen molar-refractivity contribution in [1.29, 1.82) is 0 Å². The van der Waals surface area contributed by atoms with E-state index < -0.39 is 5.82 Å². The number of nitrogens with one attached hydrogen (secondary N) is 1. The number of ether oxygens (including phenoxy) is 1. The topological polar surface area (TPSA) is 41.6 Å². The third kappa shape index (κ3) is 5.32. The first-order valence-corrected chi connectivity index (χ1v) is 9.47. The van der Waals surface area contributed by atoms with Crippen LogP contribution in [0.3, 0.4) is 0 Å². The first-order chi connectivity index (χ1) is 12.0. The molecular formula is C19H27Cl2FN2O2. The van der Waals surface area contributed by atoms with Gasteiger partial charge in [0.25, 0.3) is 0 Å². The molecule has 3 rings (SSSR count). The number of hydrogen-bond donors (Lipinski definition) is 1. The van der Waals surface area contributed by atoms with Crippen molar-refractivity contribution in [3.8, 4) is 0 Å². The van der Waals surface area contributed by atoms with Crippen molar-refractivity contribution in [2.24, 2.45) is 11.8 Å². The number of rotatable bonds is 4. The van der Waals surface area contributed by atoms with E-state index in [2.05, 4.69) is 12.2 Å². The second-order valence-electron chi connectivity index (χ2n) is 7.14. The lowest BCUT2D eigenvalue weighted by Gasteiger charge is -2.35. The van der Waals surface area contributed by atoms with Gasteiger partial charge in [-0.15, -0.1) is 12.4 Å². The van der Waals surface area contributed by atoms with Crippen LogP contribution in [-0.4, -0.2) is 43.6 Å². The fraction of sp³-hybridized carbons (Fsp3) is 0.632. The molecule has 7 heteroatoms. The van der Waals surface area contributed by atoms with Gasteiger partial charge >= 0.3 is 0 Å². The van der Waals surface area contributed by atoms with E-state index in [-0.39, 0.29) is 29.4 Å². The fourth-order valence-corrected chi connectivity index (χ4v) is 3.96. The van der Waals surface area contributed by atoms with Crippen molar-refractivity contribution < 1.29 is 13.9 Å². The van der Waals surface area contributed by atoms with E-state index in [1.54, 1.807) is 12.1 Å². The van der Waals surface area contributed by atoms with Gasteiger partial charge in [0.05, 0.1) is 18.2 Å². The van der Waals surface area contributed by atoms with E-state index in [4.69, 9.17) is 16.3 Å². The van der Waals surface area contributed by atoms with Crippen LogP contribution in [-0.2, 0) is 9.53 Å². The molecule has 4 nitrogen and oxygen atoms in total. The summed E-state index contributed by atoms with van der Waals surface area (Å²) in [5, 5.41) is 3.46. The van der Waals surface area contributed by atoms with Gasteiger partial charge in [-0.2, -0.15) is 0 Å². The van der Waals surface area contributed by atoms with Crippen molar-refractivity contribution in [3.63, 3.8) is 0 Å². The molecule has 2 aliphatic rings. The molecule has 1 aromatic carbocycles. The third-order valence-corrected chi connectivity index (χ3v) is 5.71. The predicted molar refractivity (Wildman–Crippen MR) is 103 cm³/mol. The Morgan fingerprint density at radius 1 is 1.42 bits per heavy atom. The summed E-state index contributed by atoms with van der Waals surface area (Å²) in [6.07, 6.45) is 2.63. The largest absolute Gasteiger partial charge is 0.370 e. The van der Waals surface area contributed by atoms with Gasteiger partial charge in [-0.3, -0.25) is 4.79 Å². The van der Waals surface area contributed by atoms with Gasteiger partial charge < -0.3 is 15.0 Å². The van der Waals surface area contributed by atoms with E-state index in [0.717, 1.165) is 31.5 Å². The molecule has 1 aromatic rings. The standard InChI is InChI=1S/C19H26ClFN2O2.ClH/c1-13(14-4-6-22-7-5-14)10-19(24)23-8-9-25-18(12-23)15-2-3-17(21)16(20)11-15;/h2-3,11,13-14,18,22H,4-10,12H2,1H3;1H. The maximum absolute atomic E-state index is 13.3. The lowest BCUT2D eigenvalue weighted by atomic mass is 9.84. The molecule has 1 N–H and O–H groups in total. The monoisotopic (exact) mass is 404 g/mol. The summed E-state index contributed by atoms with van der Waals surface area (Å²) in [5.41, 5.74) is 0.815. The molecule has 0 radical (unpaired) electrons. The van der Waals surface area contributed by atoms with Gasteiger partial charge in [0.2, 0.25) is 5.91 Å². The number of hydrogen-bond acceptors (Lipinski definition) is 3. The Hall–Kier alpha value is -0.880. The summed E-state index contributed by atoms with van der Waals surface area (Å²) in [6.45, 7) is 5.89. The first-order valence-electron chi connectivity index (χ1n) is 9.09. The van der Waals surface area contributed by atoms with Crippen LogP contribution < -0.4 is 5.32 Å². The molecule has 2 heterocycles. The summed E-state index contributed by atoms with van der Waals surface area (Å²) < 4.78 is 19.1. The summed E-state index contributed by atoms with van der Waals surface area (Å²) in [7, 11) is 0. The number of nitrogens with zero attached hydrogens (tertiary/aromatic N) is 1. The SMILES string of the molecule is CC(CC(=O)N1CCOC(c2ccc(F)c(Cl)c2)C1)C1CCNCC1.Cl. The van der Waals surface area contributed by atoms with Crippen LogP contribution >= 0.6 is 24.0 Å². The second-order valence-corrected chi connectivity index (χ2v) is 7.55. The molecule has 2 aliphatic heterocycles. The molecule has 0 aliphatic carbocycles. The maximum atomic E-state index is 13.3. The van der Waals surface area contributed by atoms with Crippen LogP contribution in [0.1, 0.15) is 37.9 Å². The van der Waals surface area contributed by atoms with Crippen molar-refractivity contribution in [3.05, 3.63) is 34.6 Å². The molecule has 0 bridgehead atoms. The quantitative estimate of drug-likeness (QED) is 0.828. The van der Waals surface area contributed by atoms with Gasteiger partial charge in [-0.25, -0.2) is 4.39 Å². The van der Waals surface area contributed by atoms with Gasteiger partial charge in [-0.05, 0) is 55.5 Å². The number of piperidine rings is 1. The Morgan fingerprint density at radius 3 is 2.85 bits per heavy atom. The highest BCUT2D eigenvalue weighted by Crippen LogP contribution is 2.28. The fourth-order valence-electron chi connectivity index (χ4n) is 3.77. The van der Waals surface area contributed by atoms with Crippen LogP contribution in [0.4, 0.5) is 4.39 Å². The lowest BCUT2D eigenvalue weighted by Crippen LogP contribution is -2.43. The minimum absolute atomic E-state index is 0. The van der Waals surface area contributed by atoms with Gasteiger partial charge in [0.1, 0.15) is 11.9 Å². The summed E-state index contributed by atoms with van der Waals surface area (Å²) >= 11 is 5.87. The van der Waals surface area contributed by atoms with E-state index in [0.29, 0.717) is 38.0 Å². The zero-order chi connectivity index (χ0) is 17.8. The first kappa shape index (κ1) is 21.4. The van der Waals surface area contributed by atoms with Crippen LogP contribution in [0.2, 0.25) is 5.02 Å². The Labute approximate surface area is 165 Å². The average Bonchev–Trinajstić information content (AvgIpc) is 2.64. The van der Waals surface area contributed by atoms with Crippen molar-refractivity contribution in [1.82, 2.24) is 10.2 Å². The highest BCUT2D eigenvalue weighted by atomic mass is 35.5. The summed E-state index contributed by atoms with van der Waals surface area (Å²) in [5.74, 6) is 0.770. The minimum atomic E-state index is -0.440. The zero-order valence-electron chi connectivity index (χ0n) is 15.0. The number of morpholine rings is 1. The van der Waals surface area contributed by atoms with Crippen LogP contribution in [0.15, 0.2) is 18.2 Å². The molecule has 0 spiro atoms. The Balaban J connectivity index is 0.00000243. The van der Waals surface area contributed by atoms with E-state index in [1.165, 1.54) is 6.07 Å². The highest BCUT2D eigenvalue weighted by Gasteiger charge is 2.28. The second kappa shape index (κ2) is 9.88. The van der Waals surface area contributed by atoms with Gasteiger partial charge in [-0.1, -0.05) is 24.6 Å². The third-order valence-electron chi connectivity index (χ3n) is 5.42. The lowest BCUT2D eigenvalue weighted by molar-refractivity contribution is -0.140. The Bertz CT molecular complexity index is 611. The van der Waals surface area contributed by atoms with Crippen molar-refractivity contribution in [2.45, 2.75) is 32.3 Å². The number of carbonyl (C=O) groups excluding carboxylic acids is 1. The Kier molecular flexibility index (Phi) is 8.14. The molecule has 1 amide bonds. The Morgan fingerprint density at radius 2 is 2.15 bits per heavy atom. The number of benzene rings is 1. The van der Waals surface area contributed by atoms with Crippen LogP contribution in [0.5, 0.6) is 0 Å². The molecule has 26 heavy (non-hydrogen) atoms. The highest BCUT2D eigenvalue weighted by molar-refractivity contribution is 6.30. The molecule has 0 saturated carbocycles. The maximum Gasteiger partial charge on any atom is 0.223 e. The summed E-state index contributed by atoms with van der Waals surface area (Å²) in [4.78, 5) is 14.6. The normalized spacial score (nSPS) is 22.6. The number of carbonyl (C=O) groups is 1.